The zero-order valence-corrected chi connectivity index (χ0v) is 47.4. The van der Waals surface area contributed by atoms with Crippen molar-refractivity contribution in [1.82, 2.24) is 34.8 Å². The van der Waals surface area contributed by atoms with Gasteiger partial charge >= 0.3 is 32.2 Å². The van der Waals surface area contributed by atoms with Gasteiger partial charge in [0.1, 0.15) is 30.4 Å². The lowest BCUT2D eigenvalue weighted by molar-refractivity contribution is -0.143. The van der Waals surface area contributed by atoms with Crippen LogP contribution in [0.15, 0.2) is 42.5 Å². The van der Waals surface area contributed by atoms with Crippen LogP contribution in [-0.2, 0) is 86.1 Å². The molecule has 84 heavy (non-hydrogen) atoms. The molecule has 0 saturated heterocycles. The molecule has 22 nitrogen and oxygen atoms in total. The number of benzene rings is 2. The highest BCUT2D eigenvalue weighted by atomic mass is 35.5. The standard InChI is InChI=1S/C48H50ClF10N8O14PS2/c1-45(2,83(3,76)77)13-11-27-7-8-28(39(60-27)33(18-24-16-25(50)19-26(51)17-24)61-34(68)21-65-42-37(41(62-65)48(57,58)59)30-20-31(30)47(42,55)56)29-9-10-32(49)38-40(29)66(22-46(52,53)54)63-43(38)67(84(4,78)79)35(69)6-5-14-64(15-12-36(70)71)44(72)80-23-81-82(73,74)75/h7-10,16-17,19,30-31,33H,5-6,11-15,18,20-23H2,1-4H3,(H,61,68)(H,70,71)(H2,73,74,75)/t30-,31?,33-/m0/s1. The number of phosphoric ester groups is 1. The second-order valence-electron chi connectivity index (χ2n) is 20.4. The van der Waals surface area contributed by atoms with E-state index in [4.69, 9.17) is 21.4 Å². The van der Waals surface area contributed by atoms with Crippen molar-refractivity contribution in [3.8, 4) is 11.1 Å². The lowest BCUT2D eigenvalue weighted by atomic mass is 9.93. The van der Waals surface area contributed by atoms with E-state index in [0.717, 1.165) is 30.5 Å². The van der Waals surface area contributed by atoms with Crippen LogP contribution in [0.4, 0.5) is 54.5 Å². The zero-order valence-electron chi connectivity index (χ0n) is 44.1. The van der Waals surface area contributed by atoms with Crippen LogP contribution in [0.5, 0.6) is 0 Å². The van der Waals surface area contributed by atoms with Gasteiger partial charge in [-0.3, -0.25) is 28.7 Å². The average molecular weight is 1280 g/mol. The van der Waals surface area contributed by atoms with Gasteiger partial charge in [-0.1, -0.05) is 23.7 Å². The Labute approximate surface area is 475 Å². The van der Waals surface area contributed by atoms with E-state index in [2.05, 4.69) is 29.8 Å². The molecule has 36 heteroatoms. The summed E-state index contributed by atoms with van der Waals surface area (Å²) in [6, 6.07) is 4.74. The van der Waals surface area contributed by atoms with Crippen molar-refractivity contribution < 1.29 is 109 Å². The molecule has 2 aromatic carbocycles. The maximum Gasteiger partial charge on any atom is 0.472 e. The summed E-state index contributed by atoms with van der Waals surface area (Å²) < 4.78 is 220. The van der Waals surface area contributed by atoms with E-state index in [-0.39, 0.29) is 49.8 Å². The lowest BCUT2D eigenvalue weighted by Gasteiger charge is -2.25. The first-order chi connectivity index (χ1) is 38.6. The fraction of sp³-hybridized carbons (Fsp3) is 0.479. The van der Waals surface area contributed by atoms with Crippen LogP contribution < -0.4 is 9.62 Å². The number of hydrogen-bond acceptors (Lipinski definition) is 14. The number of nitrogens with zero attached hydrogens (tertiary/aromatic N) is 7. The Morgan fingerprint density at radius 3 is 2.15 bits per heavy atom. The van der Waals surface area contributed by atoms with Crippen molar-refractivity contribution >= 4 is 79.9 Å². The molecule has 2 aliphatic rings. The molecule has 3 atom stereocenters. The van der Waals surface area contributed by atoms with Crippen molar-refractivity contribution in [3.05, 3.63) is 93.0 Å². The summed E-state index contributed by atoms with van der Waals surface area (Å²) >= 11 is 6.69. The van der Waals surface area contributed by atoms with Crippen molar-refractivity contribution in [2.75, 3.05) is 36.7 Å². The molecule has 3 amide bonds. The summed E-state index contributed by atoms with van der Waals surface area (Å²) in [4.78, 5) is 75.7. The van der Waals surface area contributed by atoms with E-state index < -0.39 is 213 Å². The van der Waals surface area contributed by atoms with Gasteiger partial charge in [0, 0.05) is 60.1 Å². The highest BCUT2D eigenvalue weighted by molar-refractivity contribution is 7.93. The van der Waals surface area contributed by atoms with Crippen molar-refractivity contribution in [1.29, 1.82) is 0 Å². The van der Waals surface area contributed by atoms with E-state index in [1.54, 1.807) is 0 Å². The predicted molar refractivity (Wildman–Crippen MR) is 274 cm³/mol. The molecule has 1 saturated carbocycles. The largest absolute Gasteiger partial charge is 0.481 e. The number of aliphatic carboxylic acids is 1. The fourth-order valence-corrected chi connectivity index (χ4v) is 11.4. The number of phosphoric acid groups is 1. The van der Waals surface area contributed by atoms with E-state index in [0.29, 0.717) is 17.2 Å². The first-order valence-corrected chi connectivity index (χ1v) is 30.4. The fourth-order valence-electron chi connectivity index (χ4n) is 9.56. The van der Waals surface area contributed by atoms with Gasteiger partial charge in [0.2, 0.25) is 28.6 Å². The summed E-state index contributed by atoms with van der Waals surface area (Å²) in [7, 11) is -14.0. The number of nitrogens with one attached hydrogen (secondary N) is 1. The molecule has 0 aliphatic heterocycles. The molecule has 1 fully saturated rings. The lowest BCUT2D eigenvalue weighted by Crippen LogP contribution is -2.38. The van der Waals surface area contributed by atoms with Gasteiger partial charge in [-0.25, -0.2) is 39.5 Å². The Morgan fingerprint density at radius 2 is 1.57 bits per heavy atom. The predicted octanol–water partition coefficient (Wildman–Crippen LogP) is 7.93. The highest BCUT2D eigenvalue weighted by Gasteiger charge is 2.68. The summed E-state index contributed by atoms with van der Waals surface area (Å²) in [5.74, 6) is -14.3. The quantitative estimate of drug-likeness (QED) is 0.0259. The maximum atomic E-state index is 15.7. The number of aryl methyl sites for hydroxylation is 1. The van der Waals surface area contributed by atoms with E-state index in [9.17, 15) is 80.8 Å². The zero-order chi connectivity index (χ0) is 62.6. The molecule has 1 unspecified atom stereocenters. The first-order valence-electron chi connectivity index (χ1n) is 24.7. The van der Waals surface area contributed by atoms with Crippen molar-refractivity contribution in [2.24, 2.45) is 5.92 Å². The smallest absolute Gasteiger partial charge is 0.472 e. The number of fused-ring (bicyclic) bond motifs is 4. The maximum absolute atomic E-state index is 15.7. The molecule has 0 bridgehead atoms. The SMILES string of the molecule is CC(C)(CCc1ccc(-c2ccc(Cl)c3c(N(C(=O)CCCN(CCC(=O)O)C(=O)OCOP(=O)(O)O)S(C)(=O)=O)nn(CC(F)(F)F)c23)c([C@H](Cc2cc(F)cc(F)c2)NC(=O)Cn2nc(C(F)(F)F)c3c2C(F)(F)C2C[C@H]32)n1)S(C)(=O)=O. The molecular weight excluding hydrogens is 1230 g/mol. The molecule has 0 radical (unpaired) electrons. The number of sulfone groups is 1. The van der Waals surface area contributed by atoms with E-state index in [1.807, 2.05) is 0 Å². The third-order valence-corrected chi connectivity index (χ3v) is 17.8. The number of aromatic nitrogens is 5. The number of sulfonamides is 1. The first kappa shape index (κ1) is 65.1. The molecule has 5 aromatic rings. The number of amides is 3. The van der Waals surface area contributed by atoms with E-state index in [1.165, 1.54) is 26.0 Å². The second kappa shape index (κ2) is 23.8. The summed E-state index contributed by atoms with van der Waals surface area (Å²) in [5, 5.41) is 17.7. The molecule has 7 rings (SSSR count). The van der Waals surface area contributed by atoms with Gasteiger partial charge in [0.05, 0.1) is 45.1 Å². The molecule has 0 spiro atoms. The molecule has 460 valence electrons. The molecule has 3 aromatic heterocycles. The highest BCUT2D eigenvalue weighted by Crippen LogP contribution is 2.68. The Kier molecular flexibility index (Phi) is 18.4. The number of anilines is 1. The average Bonchev–Trinajstić information content (AvgIpc) is 1.54. The third-order valence-electron chi connectivity index (χ3n) is 13.8. The molecule has 2 aliphatic carbocycles. The number of hydrogen-bond donors (Lipinski definition) is 4. The van der Waals surface area contributed by atoms with Crippen LogP contribution in [0.1, 0.15) is 91.8 Å². The Bertz CT molecular complexity index is 3690. The molecule has 3 heterocycles. The van der Waals surface area contributed by atoms with Gasteiger partial charge in [0.15, 0.2) is 21.3 Å². The number of ether oxygens (including phenoxy) is 1. The van der Waals surface area contributed by atoms with E-state index >= 15 is 8.78 Å². The van der Waals surface area contributed by atoms with Gasteiger partial charge < -0.3 is 29.8 Å². The molecular formula is C48H50ClF10N8O14PS2. The van der Waals surface area contributed by atoms with Gasteiger partial charge in [-0.15, -0.1) is 0 Å². The number of halogens is 11. The Morgan fingerprint density at radius 1 is 0.929 bits per heavy atom. The van der Waals surface area contributed by atoms with Gasteiger partial charge in [-0.05, 0) is 81.7 Å². The number of carboxylic acids is 1. The van der Waals surface area contributed by atoms with Crippen LogP contribution in [0.25, 0.3) is 22.0 Å². The minimum Gasteiger partial charge on any atom is -0.481 e. The minimum atomic E-state index is -5.26. The Balaban J connectivity index is 1.38. The number of rotatable bonds is 24. The van der Waals surface area contributed by atoms with Gasteiger partial charge in [-0.2, -0.15) is 49.6 Å². The van der Waals surface area contributed by atoms with Crippen molar-refractivity contribution in [2.45, 2.75) is 107 Å². The summed E-state index contributed by atoms with van der Waals surface area (Å²) in [6.45, 7) is -3.26. The number of alkyl halides is 8. The second-order valence-corrected chi connectivity index (χ2v) is 26.6. The van der Waals surface area contributed by atoms with Crippen LogP contribution in [0, 0.1) is 17.6 Å². The normalized spacial score (nSPS) is 16.5. The van der Waals surface area contributed by atoms with Crippen LogP contribution in [0.3, 0.4) is 0 Å². The summed E-state index contributed by atoms with van der Waals surface area (Å²) in [6.07, 6.45) is -14.2. The topological polar surface area (TPSA) is 300 Å². The monoisotopic (exact) mass is 1280 g/mol. The van der Waals surface area contributed by atoms with Crippen LogP contribution >= 0.6 is 19.4 Å². The third kappa shape index (κ3) is 15.0. The van der Waals surface area contributed by atoms with Gasteiger partial charge in [0.25, 0.3) is 5.92 Å². The van der Waals surface area contributed by atoms with Crippen molar-refractivity contribution in [3.63, 3.8) is 0 Å². The number of pyridine rings is 1. The minimum absolute atomic E-state index is 0.0125. The molecule has 4 N–H and O–H groups in total. The number of carbonyl (C=O) groups excluding carboxylic acids is 3. The number of carbonyl (C=O) groups is 4. The summed E-state index contributed by atoms with van der Waals surface area (Å²) in [5.41, 5.74) is -5.85. The van der Waals surface area contributed by atoms with Crippen LogP contribution in [0.2, 0.25) is 5.02 Å². The Hall–Kier alpha value is -6.45. The van der Waals surface area contributed by atoms with Crippen LogP contribution in [-0.4, -0.2) is 128 Å². The number of carboxylic acid groups (broad SMARTS) is 1.